The fraction of sp³-hybridized carbons (Fsp3) is 0.857. The fourth-order valence-electron chi connectivity index (χ4n) is 2.30. The predicted molar refractivity (Wildman–Crippen MR) is 34.9 cm³/mol. The van der Waals surface area contributed by atoms with E-state index in [1.165, 1.54) is 0 Å². The van der Waals surface area contributed by atoms with E-state index in [0.717, 1.165) is 12.8 Å². The van der Waals surface area contributed by atoms with Gasteiger partial charge in [-0.1, -0.05) is 0 Å². The summed E-state index contributed by atoms with van der Waals surface area (Å²) < 4.78 is 0. The second-order valence-electron chi connectivity index (χ2n) is 3.48. The molecule has 0 spiro atoms. The molecular weight excluding hydrogens is 130 g/mol. The maximum atomic E-state index is 10.8. The Bertz CT molecular complexity index is 184. The van der Waals surface area contributed by atoms with Crippen molar-refractivity contribution in [2.45, 2.75) is 12.8 Å². The lowest BCUT2D eigenvalue weighted by molar-refractivity contribution is -0.206. The van der Waals surface area contributed by atoms with E-state index in [-0.39, 0.29) is 23.8 Å². The average molecular weight is 141 g/mol. The quantitative estimate of drug-likeness (QED) is 0.544. The molecule has 1 amide bonds. The van der Waals surface area contributed by atoms with Crippen molar-refractivity contribution in [2.24, 2.45) is 23.0 Å². The smallest absolute Gasteiger partial charge is 0.224 e. The highest BCUT2D eigenvalue weighted by molar-refractivity contribution is 5.84. The van der Waals surface area contributed by atoms with Crippen molar-refractivity contribution in [3.8, 4) is 0 Å². The van der Waals surface area contributed by atoms with Crippen LogP contribution in [0.2, 0.25) is 0 Å². The Hall–Kier alpha value is -0.570. The third kappa shape index (κ3) is 0.408. The number of rotatable bonds is 2. The molecule has 0 aromatic heterocycles. The Kier molecular flexibility index (Phi) is 0.944. The molecule has 1 atom stereocenters. The van der Waals surface area contributed by atoms with Gasteiger partial charge in [-0.3, -0.25) is 4.79 Å². The Labute approximate surface area is 59.2 Å². The SMILES string of the molecule is NC(=O)C12CC(C1)C2CO. The number of amides is 1. The van der Waals surface area contributed by atoms with Gasteiger partial charge in [-0.15, -0.1) is 0 Å². The van der Waals surface area contributed by atoms with E-state index in [1.54, 1.807) is 0 Å². The first-order valence-corrected chi connectivity index (χ1v) is 3.61. The zero-order chi connectivity index (χ0) is 7.35. The van der Waals surface area contributed by atoms with Gasteiger partial charge in [0.15, 0.2) is 0 Å². The van der Waals surface area contributed by atoms with Crippen LogP contribution in [0.1, 0.15) is 12.8 Å². The standard InChI is InChI=1S/C7H11NO2/c8-6(10)7-1-4(2-7)5(7)3-9/h4-5,9H,1-3H2,(H2,8,10). The van der Waals surface area contributed by atoms with Gasteiger partial charge < -0.3 is 10.8 Å². The van der Waals surface area contributed by atoms with Gasteiger partial charge in [-0.25, -0.2) is 0 Å². The lowest BCUT2D eigenvalue weighted by atomic mass is 9.37. The molecule has 10 heavy (non-hydrogen) atoms. The summed E-state index contributed by atoms with van der Waals surface area (Å²) >= 11 is 0. The van der Waals surface area contributed by atoms with Crippen molar-refractivity contribution < 1.29 is 9.90 Å². The summed E-state index contributed by atoms with van der Waals surface area (Å²) in [5.41, 5.74) is 4.91. The van der Waals surface area contributed by atoms with Crippen molar-refractivity contribution in [3.05, 3.63) is 0 Å². The number of carbonyl (C=O) groups is 1. The first-order valence-electron chi connectivity index (χ1n) is 3.61. The Morgan fingerprint density at radius 3 is 2.40 bits per heavy atom. The van der Waals surface area contributed by atoms with Crippen molar-refractivity contribution in [2.75, 3.05) is 6.61 Å². The maximum Gasteiger partial charge on any atom is 0.224 e. The van der Waals surface area contributed by atoms with Crippen LogP contribution in [-0.4, -0.2) is 17.6 Å². The number of aliphatic hydroxyl groups excluding tert-OH is 1. The topological polar surface area (TPSA) is 63.3 Å². The van der Waals surface area contributed by atoms with Crippen LogP contribution in [0.15, 0.2) is 0 Å². The molecule has 3 N–H and O–H groups in total. The third-order valence-electron chi connectivity index (χ3n) is 3.22. The van der Waals surface area contributed by atoms with Crippen molar-refractivity contribution in [1.29, 1.82) is 0 Å². The van der Waals surface area contributed by atoms with E-state index in [0.29, 0.717) is 5.92 Å². The molecular formula is C7H11NO2. The van der Waals surface area contributed by atoms with E-state index in [9.17, 15) is 4.79 Å². The Morgan fingerprint density at radius 1 is 1.70 bits per heavy atom. The second-order valence-corrected chi connectivity index (χ2v) is 3.48. The summed E-state index contributed by atoms with van der Waals surface area (Å²) in [5.74, 6) is 0.580. The lowest BCUT2D eigenvalue weighted by Crippen LogP contribution is -2.68. The van der Waals surface area contributed by atoms with Crippen LogP contribution in [0.3, 0.4) is 0 Å². The fourth-order valence-corrected chi connectivity index (χ4v) is 2.30. The summed E-state index contributed by atoms with van der Waals surface area (Å²) in [6.45, 7) is 0.133. The minimum atomic E-state index is -0.278. The zero-order valence-electron chi connectivity index (χ0n) is 5.71. The summed E-state index contributed by atoms with van der Waals surface area (Å²) in [6.07, 6.45) is 1.85. The minimum absolute atomic E-state index is 0.133. The molecule has 0 aromatic rings. The zero-order valence-corrected chi connectivity index (χ0v) is 5.71. The number of aliphatic hydroxyl groups is 1. The molecule has 3 saturated carbocycles. The van der Waals surface area contributed by atoms with Crippen molar-refractivity contribution in [1.82, 2.24) is 0 Å². The van der Waals surface area contributed by atoms with Gasteiger partial charge in [0.25, 0.3) is 0 Å². The highest BCUT2D eigenvalue weighted by Gasteiger charge is 2.68. The summed E-state index contributed by atoms with van der Waals surface area (Å²) in [7, 11) is 0. The maximum absolute atomic E-state index is 10.8. The van der Waals surface area contributed by atoms with E-state index < -0.39 is 0 Å². The average Bonchev–Trinajstić information content (AvgIpc) is 1.56. The van der Waals surface area contributed by atoms with Crippen LogP contribution in [0.25, 0.3) is 0 Å². The van der Waals surface area contributed by atoms with E-state index in [4.69, 9.17) is 10.8 Å². The monoisotopic (exact) mass is 141 g/mol. The molecule has 0 heterocycles. The van der Waals surface area contributed by atoms with Crippen LogP contribution in [0, 0.1) is 17.3 Å². The van der Waals surface area contributed by atoms with Gasteiger partial charge in [-0.2, -0.15) is 0 Å². The molecule has 0 aromatic carbocycles. The van der Waals surface area contributed by atoms with Crippen LogP contribution in [-0.2, 0) is 4.79 Å². The number of carbonyl (C=O) groups excluding carboxylic acids is 1. The van der Waals surface area contributed by atoms with Gasteiger partial charge in [0.2, 0.25) is 5.91 Å². The second kappa shape index (κ2) is 1.53. The molecule has 3 rings (SSSR count). The first kappa shape index (κ1) is 6.16. The molecule has 3 heteroatoms. The van der Waals surface area contributed by atoms with Gasteiger partial charge >= 0.3 is 0 Å². The van der Waals surface area contributed by atoms with E-state index >= 15 is 0 Å². The number of primary amides is 1. The van der Waals surface area contributed by atoms with Crippen molar-refractivity contribution in [3.63, 3.8) is 0 Å². The molecule has 3 aliphatic carbocycles. The molecule has 3 fully saturated rings. The van der Waals surface area contributed by atoms with Crippen LogP contribution in [0.5, 0.6) is 0 Å². The summed E-state index contributed by atoms with van der Waals surface area (Å²) in [4.78, 5) is 10.8. The lowest BCUT2D eigenvalue weighted by Gasteiger charge is -2.65. The number of nitrogens with two attached hydrogens (primary N) is 1. The van der Waals surface area contributed by atoms with Crippen LogP contribution in [0.4, 0.5) is 0 Å². The predicted octanol–water partition coefficient (Wildman–Crippen LogP) is -0.510. The molecule has 0 radical (unpaired) electrons. The van der Waals surface area contributed by atoms with Gasteiger partial charge in [0, 0.05) is 6.61 Å². The number of hydrogen-bond acceptors (Lipinski definition) is 2. The molecule has 0 saturated heterocycles. The number of hydrogen-bond donors (Lipinski definition) is 2. The van der Waals surface area contributed by atoms with E-state index in [1.807, 2.05) is 0 Å². The van der Waals surface area contributed by atoms with Gasteiger partial charge in [-0.05, 0) is 24.7 Å². The molecule has 3 nitrogen and oxygen atoms in total. The molecule has 0 aliphatic heterocycles. The minimum Gasteiger partial charge on any atom is -0.396 e. The third-order valence-corrected chi connectivity index (χ3v) is 3.22. The van der Waals surface area contributed by atoms with E-state index in [2.05, 4.69) is 0 Å². The normalized spacial score (nSPS) is 49.3. The van der Waals surface area contributed by atoms with Gasteiger partial charge in [0.1, 0.15) is 0 Å². The molecule has 1 unspecified atom stereocenters. The molecule has 56 valence electrons. The molecule has 3 aliphatic rings. The summed E-state index contributed by atoms with van der Waals surface area (Å²) in [6, 6.07) is 0. The van der Waals surface area contributed by atoms with Crippen LogP contribution < -0.4 is 5.73 Å². The first-order chi connectivity index (χ1) is 4.70. The highest BCUT2D eigenvalue weighted by Crippen LogP contribution is 2.68. The van der Waals surface area contributed by atoms with Gasteiger partial charge in [0.05, 0.1) is 5.41 Å². The van der Waals surface area contributed by atoms with Crippen molar-refractivity contribution >= 4 is 5.91 Å². The Balaban J connectivity index is 2.12. The summed E-state index contributed by atoms with van der Waals surface area (Å²) in [5, 5.41) is 8.79. The largest absolute Gasteiger partial charge is 0.396 e. The highest BCUT2D eigenvalue weighted by atomic mass is 16.3. The molecule has 2 bridgehead atoms. The Morgan fingerprint density at radius 2 is 2.30 bits per heavy atom. The van der Waals surface area contributed by atoms with Crippen LogP contribution >= 0.6 is 0 Å².